The number of rotatable bonds is 6. The fourth-order valence-electron chi connectivity index (χ4n) is 7.33. The van der Waals surface area contributed by atoms with Crippen molar-refractivity contribution in [3.8, 4) is 67.5 Å². The molecule has 0 aliphatic carbocycles. The summed E-state index contributed by atoms with van der Waals surface area (Å²) in [6.45, 7) is 0. The van der Waals surface area contributed by atoms with E-state index in [1.807, 2.05) is 36.4 Å². The number of fused-ring (bicyclic) bond motifs is 4. The van der Waals surface area contributed by atoms with Gasteiger partial charge in [-0.25, -0.2) is 15.0 Å². The standard InChI is InChI=1S/C49H31N3O/c1-3-13-32(14-4-1)36-19-11-20-38(30-36)47-50-48(52-49(51-47)42-22-12-24-45-46(42)41-21-9-10-23-44(41)53-45)39-27-28-40(34-16-5-2-6-17-34)43(31-39)37-26-25-33-15-7-8-18-35(33)29-37/h1-31H. The van der Waals surface area contributed by atoms with Crippen LogP contribution in [0.2, 0.25) is 0 Å². The summed E-state index contributed by atoms with van der Waals surface area (Å²) < 4.78 is 6.29. The summed E-state index contributed by atoms with van der Waals surface area (Å²) in [4.78, 5) is 15.6. The smallest absolute Gasteiger partial charge is 0.164 e. The third-order valence-electron chi connectivity index (χ3n) is 9.93. The fourth-order valence-corrected chi connectivity index (χ4v) is 7.33. The molecule has 0 unspecified atom stereocenters. The van der Waals surface area contributed by atoms with Crippen LogP contribution in [0.4, 0.5) is 0 Å². The Kier molecular flexibility index (Phi) is 7.43. The maximum Gasteiger partial charge on any atom is 0.164 e. The Labute approximate surface area is 306 Å². The first-order valence-corrected chi connectivity index (χ1v) is 17.8. The van der Waals surface area contributed by atoms with Crippen LogP contribution in [0.15, 0.2) is 192 Å². The maximum absolute atomic E-state index is 6.29. The average molecular weight is 678 g/mol. The van der Waals surface area contributed by atoms with Crippen molar-refractivity contribution < 1.29 is 4.42 Å². The number of nitrogens with zero attached hydrogens (tertiary/aromatic N) is 3. The van der Waals surface area contributed by atoms with E-state index in [0.717, 1.165) is 72.0 Å². The molecule has 0 spiro atoms. The molecule has 0 aliphatic rings. The molecule has 0 N–H and O–H groups in total. The number of para-hydroxylation sites is 1. The Balaban J connectivity index is 1.21. The maximum atomic E-state index is 6.29. The van der Waals surface area contributed by atoms with Gasteiger partial charge in [0, 0.05) is 27.5 Å². The summed E-state index contributed by atoms with van der Waals surface area (Å²) >= 11 is 0. The van der Waals surface area contributed by atoms with Crippen LogP contribution in [0.25, 0.3) is 100 Å². The molecule has 4 heteroatoms. The molecule has 8 aromatic carbocycles. The molecule has 0 bridgehead atoms. The van der Waals surface area contributed by atoms with E-state index in [2.05, 4.69) is 152 Å². The van der Waals surface area contributed by atoms with E-state index in [1.165, 1.54) is 10.8 Å². The molecule has 0 radical (unpaired) electrons. The van der Waals surface area contributed by atoms with Gasteiger partial charge in [0.25, 0.3) is 0 Å². The van der Waals surface area contributed by atoms with Crippen molar-refractivity contribution in [3.63, 3.8) is 0 Å². The van der Waals surface area contributed by atoms with Gasteiger partial charge in [-0.15, -0.1) is 0 Å². The van der Waals surface area contributed by atoms with E-state index < -0.39 is 0 Å². The predicted octanol–water partition coefficient (Wildman–Crippen LogP) is 12.9. The number of benzene rings is 8. The van der Waals surface area contributed by atoms with Gasteiger partial charge in [-0.1, -0.05) is 158 Å². The Bertz CT molecular complexity index is 2950. The lowest BCUT2D eigenvalue weighted by Crippen LogP contribution is -2.01. The van der Waals surface area contributed by atoms with Crippen molar-refractivity contribution in [2.45, 2.75) is 0 Å². The van der Waals surface area contributed by atoms with Crippen LogP contribution in [0, 0.1) is 0 Å². The minimum Gasteiger partial charge on any atom is -0.456 e. The van der Waals surface area contributed by atoms with Crippen LogP contribution in [-0.4, -0.2) is 15.0 Å². The van der Waals surface area contributed by atoms with Gasteiger partial charge in [0.05, 0.1) is 0 Å². The van der Waals surface area contributed by atoms with Crippen molar-refractivity contribution in [3.05, 3.63) is 188 Å². The van der Waals surface area contributed by atoms with Crippen LogP contribution >= 0.6 is 0 Å². The van der Waals surface area contributed by atoms with Crippen LogP contribution in [0.3, 0.4) is 0 Å². The SMILES string of the molecule is c1ccc(-c2cccc(-c3nc(-c4ccc(-c5ccccc5)c(-c5ccc6ccccc6c5)c4)nc(-c4cccc5oc6ccccc6c45)n3)c2)cc1. The molecular weight excluding hydrogens is 647 g/mol. The predicted molar refractivity (Wildman–Crippen MR) is 217 cm³/mol. The van der Waals surface area contributed by atoms with Gasteiger partial charge in [-0.3, -0.25) is 0 Å². The number of furan rings is 1. The lowest BCUT2D eigenvalue weighted by Gasteiger charge is -2.14. The van der Waals surface area contributed by atoms with Gasteiger partial charge in [-0.2, -0.15) is 0 Å². The summed E-state index contributed by atoms with van der Waals surface area (Å²) in [5.41, 5.74) is 11.1. The molecule has 0 aliphatic heterocycles. The second-order valence-corrected chi connectivity index (χ2v) is 13.2. The van der Waals surface area contributed by atoms with E-state index in [-0.39, 0.29) is 0 Å². The van der Waals surface area contributed by atoms with Gasteiger partial charge in [0.2, 0.25) is 0 Å². The largest absolute Gasteiger partial charge is 0.456 e. The third kappa shape index (κ3) is 5.63. The number of hydrogen-bond acceptors (Lipinski definition) is 4. The molecule has 0 fully saturated rings. The third-order valence-corrected chi connectivity index (χ3v) is 9.93. The van der Waals surface area contributed by atoms with Gasteiger partial charge in [0.15, 0.2) is 17.5 Å². The molecule has 2 heterocycles. The zero-order chi connectivity index (χ0) is 35.1. The molecule has 248 valence electrons. The van der Waals surface area contributed by atoms with E-state index in [0.29, 0.717) is 17.5 Å². The second-order valence-electron chi connectivity index (χ2n) is 13.2. The Morgan fingerprint density at radius 3 is 1.74 bits per heavy atom. The van der Waals surface area contributed by atoms with Crippen LogP contribution in [-0.2, 0) is 0 Å². The minimum absolute atomic E-state index is 0.589. The molecule has 0 amide bonds. The lowest BCUT2D eigenvalue weighted by atomic mass is 9.91. The van der Waals surface area contributed by atoms with Crippen molar-refractivity contribution >= 4 is 32.7 Å². The summed E-state index contributed by atoms with van der Waals surface area (Å²) in [7, 11) is 0. The molecule has 0 saturated heterocycles. The van der Waals surface area contributed by atoms with Gasteiger partial charge >= 0.3 is 0 Å². The zero-order valence-corrected chi connectivity index (χ0v) is 28.6. The van der Waals surface area contributed by atoms with E-state index >= 15 is 0 Å². The van der Waals surface area contributed by atoms with Crippen molar-refractivity contribution in [2.24, 2.45) is 0 Å². The fraction of sp³-hybridized carbons (Fsp3) is 0. The second kappa shape index (κ2) is 12.9. The first-order valence-electron chi connectivity index (χ1n) is 17.8. The summed E-state index contributed by atoms with van der Waals surface area (Å²) in [6.07, 6.45) is 0. The normalized spacial score (nSPS) is 11.4. The monoisotopic (exact) mass is 677 g/mol. The first-order chi connectivity index (χ1) is 26.2. The number of aromatic nitrogens is 3. The summed E-state index contributed by atoms with van der Waals surface area (Å²) in [6, 6.07) is 65.3. The van der Waals surface area contributed by atoms with Crippen LogP contribution in [0.1, 0.15) is 0 Å². The van der Waals surface area contributed by atoms with Crippen molar-refractivity contribution in [2.75, 3.05) is 0 Å². The highest BCUT2D eigenvalue weighted by molar-refractivity contribution is 6.11. The molecule has 0 atom stereocenters. The molecule has 0 saturated carbocycles. The van der Waals surface area contributed by atoms with E-state index in [4.69, 9.17) is 19.4 Å². The highest BCUT2D eigenvalue weighted by Crippen LogP contribution is 2.39. The van der Waals surface area contributed by atoms with Crippen molar-refractivity contribution in [1.29, 1.82) is 0 Å². The molecule has 10 rings (SSSR count). The first kappa shape index (κ1) is 30.6. The van der Waals surface area contributed by atoms with E-state index in [1.54, 1.807) is 0 Å². The van der Waals surface area contributed by atoms with E-state index in [9.17, 15) is 0 Å². The highest BCUT2D eigenvalue weighted by atomic mass is 16.3. The molecule has 4 nitrogen and oxygen atoms in total. The van der Waals surface area contributed by atoms with Crippen LogP contribution in [0.5, 0.6) is 0 Å². The highest BCUT2D eigenvalue weighted by Gasteiger charge is 2.19. The van der Waals surface area contributed by atoms with Crippen molar-refractivity contribution in [1.82, 2.24) is 15.0 Å². The van der Waals surface area contributed by atoms with Crippen LogP contribution < -0.4 is 0 Å². The summed E-state index contributed by atoms with van der Waals surface area (Å²) in [5, 5.41) is 4.41. The molecule has 2 aromatic heterocycles. The molecule has 10 aromatic rings. The Hall–Kier alpha value is -7.17. The van der Waals surface area contributed by atoms with Gasteiger partial charge in [-0.05, 0) is 74.5 Å². The quantitative estimate of drug-likeness (QED) is 0.176. The Morgan fingerprint density at radius 1 is 0.302 bits per heavy atom. The molecule has 53 heavy (non-hydrogen) atoms. The van der Waals surface area contributed by atoms with Gasteiger partial charge < -0.3 is 4.42 Å². The topological polar surface area (TPSA) is 51.8 Å². The summed E-state index contributed by atoms with van der Waals surface area (Å²) in [5.74, 6) is 1.79. The zero-order valence-electron chi connectivity index (χ0n) is 28.6. The molecular formula is C49H31N3O. The minimum atomic E-state index is 0.589. The van der Waals surface area contributed by atoms with Gasteiger partial charge in [0.1, 0.15) is 11.2 Å². The lowest BCUT2D eigenvalue weighted by molar-refractivity contribution is 0.669. The number of hydrogen-bond donors (Lipinski definition) is 0. The average Bonchev–Trinajstić information content (AvgIpc) is 3.63. The Morgan fingerprint density at radius 2 is 0.906 bits per heavy atom.